The fourth-order valence-electron chi connectivity index (χ4n) is 2.79. The summed E-state index contributed by atoms with van der Waals surface area (Å²) in [6, 6.07) is 7.68. The van der Waals surface area contributed by atoms with Gasteiger partial charge < -0.3 is 9.47 Å². The standard InChI is InChI=1S/C16H19N5/c1-12(2)16-18-6-7-20(16)9-13-10-21(11-13)15-5-3-4-14(8-17)19-15/h3-7,12-13H,9-11H2,1-2H3. The predicted octanol–water partition coefficient (Wildman–Crippen LogP) is 2.41. The molecule has 108 valence electrons. The molecule has 0 saturated carbocycles. The normalized spacial score (nSPS) is 15.0. The molecule has 1 aliphatic heterocycles. The first-order valence-corrected chi connectivity index (χ1v) is 7.30. The Morgan fingerprint density at radius 1 is 1.38 bits per heavy atom. The van der Waals surface area contributed by atoms with E-state index in [0.29, 0.717) is 17.5 Å². The van der Waals surface area contributed by atoms with Gasteiger partial charge in [0.1, 0.15) is 23.4 Å². The van der Waals surface area contributed by atoms with E-state index < -0.39 is 0 Å². The molecule has 0 spiro atoms. The minimum absolute atomic E-state index is 0.449. The summed E-state index contributed by atoms with van der Waals surface area (Å²) < 4.78 is 2.26. The molecule has 2 aromatic rings. The molecule has 0 aromatic carbocycles. The smallest absolute Gasteiger partial charge is 0.142 e. The number of hydrogen-bond donors (Lipinski definition) is 0. The van der Waals surface area contributed by atoms with Gasteiger partial charge in [0, 0.05) is 43.9 Å². The number of pyridine rings is 1. The van der Waals surface area contributed by atoms with E-state index in [2.05, 4.69) is 45.5 Å². The van der Waals surface area contributed by atoms with E-state index in [1.165, 1.54) is 0 Å². The van der Waals surface area contributed by atoms with Gasteiger partial charge in [-0.1, -0.05) is 19.9 Å². The Bertz CT molecular complexity index is 661. The average molecular weight is 281 g/mol. The zero-order chi connectivity index (χ0) is 14.8. The highest BCUT2D eigenvalue weighted by Crippen LogP contribution is 2.25. The molecule has 0 bridgehead atoms. The molecule has 0 radical (unpaired) electrons. The molecule has 0 amide bonds. The molecule has 2 aromatic heterocycles. The summed E-state index contributed by atoms with van der Waals surface area (Å²) in [4.78, 5) is 11.0. The molecule has 3 rings (SSSR count). The van der Waals surface area contributed by atoms with Crippen molar-refractivity contribution in [3.8, 4) is 6.07 Å². The number of anilines is 1. The van der Waals surface area contributed by atoms with Gasteiger partial charge in [0.2, 0.25) is 0 Å². The van der Waals surface area contributed by atoms with Crippen LogP contribution in [0.4, 0.5) is 5.82 Å². The van der Waals surface area contributed by atoms with Gasteiger partial charge in [-0.05, 0) is 12.1 Å². The lowest BCUT2D eigenvalue weighted by molar-refractivity contribution is 0.349. The Morgan fingerprint density at radius 3 is 2.90 bits per heavy atom. The van der Waals surface area contributed by atoms with Crippen molar-refractivity contribution in [1.82, 2.24) is 14.5 Å². The zero-order valence-corrected chi connectivity index (χ0v) is 12.4. The summed E-state index contributed by atoms with van der Waals surface area (Å²) in [5.41, 5.74) is 0.479. The summed E-state index contributed by atoms with van der Waals surface area (Å²) in [7, 11) is 0. The van der Waals surface area contributed by atoms with E-state index in [0.717, 1.165) is 31.3 Å². The Morgan fingerprint density at radius 2 is 2.19 bits per heavy atom. The van der Waals surface area contributed by atoms with Crippen LogP contribution in [0.25, 0.3) is 0 Å². The Hall–Kier alpha value is -2.35. The quantitative estimate of drug-likeness (QED) is 0.863. The first-order chi connectivity index (χ1) is 10.2. The van der Waals surface area contributed by atoms with Crippen molar-refractivity contribution in [2.75, 3.05) is 18.0 Å². The van der Waals surface area contributed by atoms with E-state index in [9.17, 15) is 0 Å². The van der Waals surface area contributed by atoms with Crippen molar-refractivity contribution in [3.63, 3.8) is 0 Å². The summed E-state index contributed by atoms with van der Waals surface area (Å²) in [6.45, 7) is 7.31. The molecule has 5 nitrogen and oxygen atoms in total. The molecular formula is C16H19N5. The highest BCUT2D eigenvalue weighted by Gasteiger charge is 2.28. The number of nitrogens with zero attached hydrogens (tertiary/aromatic N) is 5. The lowest BCUT2D eigenvalue weighted by atomic mass is 9.99. The molecule has 3 heterocycles. The maximum atomic E-state index is 8.90. The third-order valence-corrected chi connectivity index (χ3v) is 3.85. The van der Waals surface area contributed by atoms with Crippen LogP contribution in [-0.2, 0) is 6.54 Å². The maximum absolute atomic E-state index is 8.90. The maximum Gasteiger partial charge on any atom is 0.142 e. The van der Waals surface area contributed by atoms with Crippen molar-refractivity contribution in [2.24, 2.45) is 5.92 Å². The van der Waals surface area contributed by atoms with Gasteiger partial charge in [-0.2, -0.15) is 5.26 Å². The molecule has 0 unspecified atom stereocenters. The van der Waals surface area contributed by atoms with E-state index in [1.54, 1.807) is 6.07 Å². The molecule has 1 saturated heterocycles. The summed E-state index contributed by atoms with van der Waals surface area (Å²) >= 11 is 0. The van der Waals surface area contributed by atoms with Crippen molar-refractivity contribution < 1.29 is 0 Å². The fourth-order valence-corrected chi connectivity index (χ4v) is 2.79. The molecule has 0 atom stereocenters. The van der Waals surface area contributed by atoms with Crippen LogP contribution in [0.3, 0.4) is 0 Å². The van der Waals surface area contributed by atoms with Crippen LogP contribution in [-0.4, -0.2) is 27.6 Å². The predicted molar refractivity (Wildman–Crippen MR) is 81.0 cm³/mol. The van der Waals surface area contributed by atoms with E-state index in [-0.39, 0.29) is 0 Å². The Kier molecular flexibility index (Phi) is 3.61. The van der Waals surface area contributed by atoms with E-state index in [1.807, 2.05) is 18.3 Å². The number of imidazole rings is 1. The second-order valence-corrected chi connectivity index (χ2v) is 5.86. The van der Waals surface area contributed by atoms with Crippen LogP contribution in [0.5, 0.6) is 0 Å². The molecule has 1 fully saturated rings. The second-order valence-electron chi connectivity index (χ2n) is 5.86. The number of aromatic nitrogens is 3. The average Bonchev–Trinajstić information content (AvgIpc) is 2.90. The number of hydrogen-bond acceptors (Lipinski definition) is 4. The number of rotatable bonds is 4. The van der Waals surface area contributed by atoms with Crippen LogP contribution in [0.2, 0.25) is 0 Å². The molecule has 0 N–H and O–H groups in total. The lowest BCUT2D eigenvalue weighted by Gasteiger charge is -2.40. The highest BCUT2D eigenvalue weighted by molar-refractivity contribution is 5.44. The van der Waals surface area contributed by atoms with E-state index >= 15 is 0 Å². The van der Waals surface area contributed by atoms with Gasteiger partial charge in [0.05, 0.1) is 0 Å². The molecule has 21 heavy (non-hydrogen) atoms. The molecular weight excluding hydrogens is 262 g/mol. The van der Waals surface area contributed by atoms with Crippen LogP contribution in [0, 0.1) is 17.2 Å². The summed E-state index contributed by atoms with van der Waals surface area (Å²) in [6.07, 6.45) is 3.94. The van der Waals surface area contributed by atoms with Crippen molar-refractivity contribution in [3.05, 3.63) is 42.1 Å². The van der Waals surface area contributed by atoms with Gasteiger partial charge in [0.15, 0.2) is 0 Å². The Balaban J connectivity index is 1.61. The first kappa shape index (κ1) is 13.6. The van der Waals surface area contributed by atoms with Gasteiger partial charge in [-0.25, -0.2) is 9.97 Å². The van der Waals surface area contributed by atoms with Crippen molar-refractivity contribution >= 4 is 5.82 Å². The van der Waals surface area contributed by atoms with Gasteiger partial charge >= 0.3 is 0 Å². The first-order valence-electron chi connectivity index (χ1n) is 7.30. The second kappa shape index (κ2) is 5.57. The van der Waals surface area contributed by atoms with Crippen molar-refractivity contribution in [2.45, 2.75) is 26.3 Å². The molecule has 5 heteroatoms. The largest absolute Gasteiger partial charge is 0.356 e. The van der Waals surface area contributed by atoms with Crippen LogP contribution < -0.4 is 4.90 Å². The van der Waals surface area contributed by atoms with Gasteiger partial charge in [-0.3, -0.25) is 0 Å². The van der Waals surface area contributed by atoms with Crippen LogP contribution in [0.1, 0.15) is 31.3 Å². The lowest BCUT2D eigenvalue weighted by Crippen LogP contribution is -2.49. The molecule has 0 aliphatic carbocycles. The van der Waals surface area contributed by atoms with E-state index in [4.69, 9.17) is 5.26 Å². The summed E-state index contributed by atoms with van der Waals surface area (Å²) in [5.74, 6) is 3.12. The van der Waals surface area contributed by atoms with Gasteiger partial charge in [0.25, 0.3) is 0 Å². The van der Waals surface area contributed by atoms with Crippen LogP contribution in [0.15, 0.2) is 30.6 Å². The zero-order valence-electron chi connectivity index (χ0n) is 12.4. The monoisotopic (exact) mass is 281 g/mol. The Labute approximate surface area is 124 Å². The molecule has 1 aliphatic rings. The fraction of sp³-hybridized carbons (Fsp3) is 0.438. The minimum atomic E-state index is 0.449. The number of nitriles is 1. The van der Waals surface area contributed by atoms with Crippen LogP contribution >= 0.6 is 0 Å². The van der Waals surface area contributed by atoms with Crippen molar-refractivity contribution in [1.29, 1.82) is 5.26 Å². The topological polar surface area (TPSA) is 57.7 Å². The summed E-state index contributed by atoms with van der Waals surface area (Å²) in [5, 5.41) is 8.90. The third kappa shape index (κ3) is 2.75. The van der Waals surface area contributed by atoms with Gasteiger partial charge in [-0.15, -0.1) is 0 Å². The highest BCUT2D eigenvalue weighted by atomic mass is 15.2. The SMILES string of the molecule is CC(C)c1nccn1CC1CN(c2cccc(C#N)n2)C1. The third-order valence-electron chi connectivity index (χ3n) is 3.85. The minimum Gasteiger partial charge on any atom is -0.356 e.